The Bertz CT molecular complexity index is 1110. The molecule has 1 fully saturated rings. The molecule has 1 amide bonds. The fourth-order valence-electron chi connectivity index (χ4n) is 3.90. The van der Waals surface area contributed by atoms with Gasteiger partial charge in [0.15, 0.2) is 0 Å². The van der Waals surface area contributed by atoms with E-state index in [4.69, 9.17) is 5.41 Å². The molecule has 2 aromatic carbocycles. The Hall–Kier alpha value is -3.73. The Morgan fingerprint density at radius 2 is 1.97 bits per heavy atom. The third kappa shape index (κ3) is 6.16. The lowest BCUT2D eigenvalue weighted by atomic mass is 9.89. The van der Waals surface area contributed by atoms with E-state index in [1.165, 1.54) is 18.2 Å². The molecule has 1 saturated heterocycles. The number of hydrogen-bond donors (Lipinski definition) is 3. The van der Waals surface area contributed by atoms with Gasteiger partial charge in [-0.25, -0.2) is 8.78 Å². The number of nitrogens with one attached hydrogen (secondary N) is 3. The van der Waals surface area contributed by atoms with Crippen LogP contribution >= 0.6 is 0 Å². The first-order valence-electron chi connectivity index (χ1n) is 10.8. The van der Waals surface area contributed by atoms with E-state index >= 15 is 0 Å². The Morgan fingerprint density at radius 3 is 2.61 bits per heavy atom. The van der Waals surface area contributed by atoms with Gasteiger partial charge in [-0.3, -0.25) is 10.2 Å². The molecular formula is C25H27F2N5O. The number of nitrogens with zero attached hydrogens (tertiary/aromatic N) is 2. The first-order valence-corrected chi connectivity index (χ1v) is 10.8. The second-order valence-corrected chi connectivity index (χ2v) is 8.16. The van der Waals surface area contributed by atoms with Gasteiger partial charge in [-0.15, -0.1) is 0 Å². The van der Waals surface area contributed by atoms with E-state index in [9.17, 15) is 18.8 Å². The summed E-state index contributed by atoms with van der Waals surface area (Å²) in [5.41, 5.74) is 2.66. The standard InChI is InChI=1S/C25H27F2N5O/c1-16(30-2)11-22(29)25(33)31-23-13-18(15-28)3-6-24(23)32-9-7-17(8-10-32)12-19-4-5-20(26)14-21(19)27/h3-6,11,13-14,17,29-30H,7-10,12H2,1-2H3,(H,31,33)/b16-11-,29-22?. The van der Waals surface area contributed by atoms with Gasteiger partial charge in [0, 0.05) is 31.9 Å². The van der Waals surface area contributed by atoms with Gasteiger partial charge in [0.25, 0.3) is 5.91 Å². The van der Waals surface area contributed by atoms with E-state index in [1.807, 2.05) is 0 Å². The molecule has 0 saturated carbocycles. The summed E-state index contributed by atoms with van der Waals surface area (Å²) in [4.78, 5) is 14.7. The number of rotatable bonds is 7. The fraction of sp³-hybridized carbons (Fsp3) is 0.320. The first-order chi connectivity index (χ1) is 15.8. The number of piperidine rings is 1. The quantitative estimate of drug-likeness (QED) is 0.545. The van der Waals surface area contributed by atoms with Gasteiger partial charge < -0.3 is 15.5 Å². The maximum Gasteiger partial charge on any atom is 0.273 e. The molecule has 172 valence electrons. The van der Waals surface area contributed by atoms with Crippen LogP contribution in [0.1, 0.15) is 30.9 Å². The highest BCUT2D eigenvalue weighted by Crippen LogP contribution is 2.32. The zero-order valence-electron chi connectivity index (χ0n) is 18.7. The maximum atomic E-state index is 14.0. The van der Waals surface area contributed by atoms with Crippen LogP contribution in [0.2, 0.25) is 0 Å². The Balaban J connectivity index is 1.71. The number of carbonyl (C=O) groups excluding carboxylic acids is 1. The normalized spacial score (nSPS) is 14.5. The van der Waals surface area contributed by atoms with Crippen molar-refractivity contribution in [3.8, 4) is 6.07 Å². The second kappa shape index (κ2) is 10.7. The van der Waals surface area contributed by atoms with Crippen LogP contribution in [0, 0.1) is 34.3 Å². The largest absolute Gasteiger partial charge is 0.392 e. The van der Waals surface area contributed by atoms with Gasteiger partial charge >= 0.3 is 0 Å². The third-order valence-electron chi connectivity index (χ3n) is 5.85. The molecule has 8 heteroatoms. The molecule has 3 rings (SSSR count). The molecule has 0 atom stereocenters. The predicted molar refractivity (Wildman–Crippen MR) is 125 cm³/mol. The lowest BCUT2D eigenvalue weighted by molar-refractivity contribution is -0.110. The van der Waals surface area contributed by atoms with Crippen LogP contribution in [0.3, 0.4) is 0 Å². The van der Waals surface area contributed by atoms with Crippen LogP contribution in [-0.2, 0) is 11.2 Å². The summed E-state index contributed by atoms with van der Waals surface area (Å²) >= 11 is 0. The number of hydrogen-bond acceptors (Lipinski definition) is 5. The number of nitriles is 1. The van der Waals surface area contributed by atoms with E-state index in [1.54, 1.807) is 32.2 Å². The van der Waals surface area contributed by atoms with Crippen molar-refractivity contribution in [1.29, 1.82) is 10.7 Å². The SMILES string of the molecule is CN/C(C)=C\C(=N)C(=O)Nc1cc(C#N)ccc1N1CCC(Cc2ccc(F)cc2F)CC1. The maximum absolute atomic E-state index is 14.0. The molecule has 0 radical (unpaired) electrons. The monoisotopic (exact) mass is 451 g/mol. The van der Waals surface area contributed by atoms with Crippen LogP contribution in [-0.4, -0.2) is 31.8 Å². The highest BCUT2D eigenvalue weighted by molar-refractivity contribution is 6.46. The smallest absolute Gasteiger partial charge is 0.273 e. The summed E-state index contributed by atoms with van der Waals surface area (Å²) in [7, 11) is 1.71. The minimum atomic E-state index is -0.578. The molecule has 3 N–H and O–H groups in total. The van der Waals surface area contributed by atoms with Gasteiger partial charge in [-0.2, -0.15) is 5.26 Å². The molecule has 0 spiro atoms. The van der Waals surface area contributed by atoms with Crippen LogP contribution in [0.15, 0.2) is 48.2 Å². The molecule has 2 aromatic rings. The number of benzene rings is 2. The molecule has 1 aliphatic rings. The predicted octanol–water partition coefficient (Wildman–Crippen LogP) is 4.38. The van der Waals surface area contributed by atoms with Crippen molar-refractivity contribution in [2.45, 2.75) is 26.2 Å². The summed E-state index contributed by atoms with van der Waals surface area (Å²) in [6, 6.07) is 10.9. The van der Waals surface area contributed by atoms with Crippen LogP contribution < -0.4 is 15.5 Å². The lowest BCUT2D eigenvalue weighted by Gasteiger charge is -2.35. The summed E-state index contributed by atoms with van der Waals surface area (Å²) in [5.74, 6) is -1.39. The minimum absolute atomic E-state index is 0.199. The molecule has 6 nitrogen and oxygen atoms in total. The molecular weight excluding hydrogens is 424 g/mol. The van der Waals surface area contributed by atoms with Crippen molar-refractivity contribution in [3.05, 3.63) is 70.9 Å². The number of carbonyl (C=O) groups is 1. The zero-order chi connectivity index (χ0) is 24.0. The molecule has 1 aliphatic heterocycles. The zero-order valence-corrected chi connectivity index (χ0v) is 18.7. The van der Waals surface area contributed by atoms with E-state index in [-0.39, 0.29) is 11.6 Å². The molecule has 1 heterocycles. The van der Waals surface area contributed by atoms with Gasteiger partial charge in [-0.05, 0) is 68.0 Å². The van der Waals surface area contributed by atoms with Gasteiger partial charge in [0.05, 0.1) is 23.0 Å². The van der Waals surface area contributed by atoms with Crippen molar-refractivity contribution in [3.63, 3.8) is 0 Å². The Labute approximate surface area is 192 Å². The molecule has 0 bridgehead atoms. The fourth-order valence-corrected chi connectivity index (χ4v) is 3.90. The van der Waals surface area contributed by atoms with Crippen LogP contribution in [0.5, 0.6) is 0 Å². The van der Waals surface area contributed by atoms with Crippen LogP contribution in [0.4, 0.5) is 20.2 Å². The summed E-state index contributed by atoms with van der Waals surface area (Å²) in [5, 5.41) is 22.9. The van der Waals surface area contributed by atoms with Crippen LogP contribution in [0.25, 0.3) is 0 Å². The van der Waals surface area contributed by atoms with E-state index in [0.29, 0.717) is 42.0 Å². The summed E-state index contributed by atoms with van der Waals surface area (Å²) < 4.78 is 27.2. The number of allylic oxidation sites excluding steroid dienone is 1. The van der Waals surface area contributed by atoms with Crippen molar-refractivity contribution in [1.82, 2.24) is 5.32 Å². The topological polar surface area (TPSA) is 92.0 Å². The van der Waals surface area contributed by atoms with Crippen molar-refractivity contribution < 1.29 is 13.6 Å². The second-order valence-electron chi connectivity index (χ2n) is 8.16. The van der Waals surface area contributed by atoms with E-state index < -0.39 is 17.5 Å². The van der Waals surface area contributed by atoms with Crippen molar-refractivity contribution >= 4 is 23.0 Å². The number of anilines is 2. The molecule has 0 aliphatic carbocycles. The Kier molecular flexibility index (Phi) is 7.78. The number of halogens is 2. The third-order valence-corrected chi connectivity index (χ3v) is 5.85. The van der Waals surface area contributed by atoms with Gasteiger partial charge in [0.1, 0.15) is 17.3 Å². The minimum Gasteiger partial charge on any atom is -0.392 e. The number of amides is 1. The summed E-state index contributed by atoms with van der Waals surface area (Å²) in [6.07, 6.45) is 3.60. The molecule has 0 aromatic heterocycles. The van der Waals surface area contributed by atoms with Gasteiger partial charge in [-0.1, -0.05) is 6.07 Å². The Morgan fingerprint density at radius 1 is 1.24 bits per heavy atom. The van der Waals surface area contributed by atoms with Crippen molar-refractivity contribution in [2.24, 2.45) is 5.92 Å². The van der Waals surface area contributed by atoms with Gasteiger partial charge in [0.2, 0.25) is 0 Å². The average Bonchev–Trinajstić information content (AvgIpc) is 2.81. The van der Waals surface area contributed by atoms with Crippen molar-refractivity contribution in [2.75, 3.05) is 30.4 Å². The highest BCUT2D eigenvalue weighted by atomic mass is 19.1. The van der Waals surface area contributed by atoms with E-state index in [0.717, 1.165) is 24.6 Å². The highest BCUT2D eigenvalue weighted by Gasteiger charge is 2.23. The lowest BCUT2D eigenvalue weighted by Crippen LogP contribution is -2.35. The summed E-state index contributed by atoms with van der Waals surface area (Å²) in [6.45, 7) is 3.14. The molecule has 0 unspecified atom stereocenters. The van der Waals surface area contributed by atoms with E-state index in [2.05, 4.69) is 21.6 Å². The molecule has 33 heavy (non-hydrogen) atoms. The average molecular weight is 452 g/mol. The first kappa shape index (κ1) is 23.9.